The van der Waals surface area contributed by atoms with E-state index in [9.17, 15) is 0 Å². The van der Waals surface area contributed by atoms with Crippen molar-refractivity contribution in [2.45, 2.75) is 38.5 Å². The van der Waals surface area contributed by atoms with Gasteiger partial charge >= 0.3 is 0 Å². The SMILES string of the molecule is CC1(C)c2ccccc2-c2cc3c(cc21)C(C)(C)c1cc(-c2cccc(-c4ccccn4)c2)ccc1-3. The summed E-state index contributed by atoms with van der Waals surface area (Å²) in [6, 6.07) is 35.7. The van der Waals surface area contributed by atoms with Gasteiger partial charge in [-0.3, -0.25) is 4.98 Å². The summed E-state index contributed by atoms with van der Waals surface area (Å²) in [5.41, 5.74) is 15.9. The first-order chi connectivity index (χ1) is 17.4. The molecular weight excluding hydrogens is 434 g/mol. The zero-order chi connectivity index (χ0) is 24.7. The summed E-state index contributed by atoms with van der Waals surface area (Å²) in [6.07, 6.45) is 1.86. The molecule has 174 valence electrons. The van der Waals surface area contributed by atoms with E-state index in [2.05, 4.69) is 118 Å². The van der Waals surface area contributed by atoms with Crippen LogP contribution in [0.15, 0.2) is 103 Å². The predicted octanol–water partition coefficient (Wildman–Crippen LogP) is 9.03. The Morgan fingerprint density at radius 1 is 0.444 bits per heavy atom. The van der Waals surface area contributed by atoms with Crippen molar-refractivity contribution >= 4 is 0 Å². The van der Waals surface area contributed by atoms with Crippen molar-refractivity contribution in [2.24, 2.45) is 0 Å². The molecule has 0 amide bonds. The number of pyridine rings is 1. The summed E-state index contributed by atoms with van der Waals surface area (Å²) < 4.78 is 0. The predicted molar refractivity (Wildman–Crippen MR) is 150 cm³/mol. The van der Waals surface area contributed by atoms with Crippen molar-refractivity contribution in [3.8, 4) is 44.6 Å². The topological polar surface area (TPSA) is 12.9 Å². The van der Waals surface area contributed by atoms with Crippen LogP contribution in [0, 0.1) is 0 Å². The maximum absolute atomic E-state index is 4.55. The monoisotopic (exact) mass is 463 g/mol. The van der Waals surface area contributed by atoms with Gasteiger partial charge in [-0.1, -0.05) is 94.4 Å². The molecule has 4 aromatic carbocycles. The van der Waals surface area contributed by atoms with E-state index in [1.54, 1.807) is 0 Å². The fourth-order valence-corrected chi connectivity index (χ4v) is 6.50. The van der Waals surface area contributed by atoms with Crippen molar-refractivity contribution in [1.29, 1.82) is 0 Å². The third kappa shape index (κ3) is 2.86. The molecule has 36 heavy (non-hydrogen) atoms. The van der Waals surface area contributed by atoms with Gasteiger partial charge in [-0.25, -0.2) is 0 Å². The Morgan fingerprint density at radius 3 is 1.86 bits per heavy atom. The molecule has 0 saturated heterocycles. The lowest BCUT2D eigenvalue weighted by Gasteiger charge is -2.26. The molecule has 1 heterocycles. The minimum absolute atomic E-state index is 0.0168. The zero-order valence-electron chi connectivity index (χ0n) is 21.3. The molecule has 0 fully saturated rings. The van der Waals surface area contributed by atoms with E-state index in [4.69, 9.17) is 0 Å². The van der Waals surface area contributed by atoms with Crippen LogP contribution >= 0.6 is 0 Å². The summed E-state index contributed by atoms with van der Waals surface area (Å²) >= 11 is 0. The summed E-state index contributed by atoms with van der Waals surface area (Å²) in [5.74, 6) is 0. The van der Waals surface area contributed by atoms with E-state index in [-0.39, 0.29) is 10.8 Å². The number of fused-ring (bicyclic) bond motifs is 6. The van der Waals surface area contributed by atoms with E-state index in [1.807, 2.05) is 18.3 Å². The standard InChI is InChI=1S/C35H29N/c1-34(2)29-13-6-5-12-25(29)27-20-28-26-16-15-23(19-30(26)35(3,4)32(28)21-31(27)34)22-10-9-11-24(18-22)33-14-7-8-17-36-33/h5-21H,1-4H3. The van der Waals surface area contributed by atoms with Gasteiger partial charge in [0.05, 0.1) is 5.69 Å². The van der Waals surface area contributed by atoms with E-state index in [0.717, 1.165) is 11.3 Å². The molecule has 0 radical (unpaired) electrons. The van der Waals surface area contributed by atoms with Crippen LogP contribution in [0.5, 0.6) is 0 Å². The second kappa shape index (κ2) is 7.27. The summed E-state index contributed by atoms with van der Waals surface area (Å²) in [4.78, 5) is 4.55. The third-order valence-electron chi connectivity index (χ3n) is 8.53. The first kappa shape index (κ1) is 21.3. The Balaban J connectivity index is 1.37. The van der Waals surface area contributed by atoms with Crippen LogP contribution in [0.25, 0.3) is 44.6 Å². The van der Waals surface area contributed by atoms with E-state index >= 15 is 0 Å². The van der Waals surface area contributed by atoms with Gasteiger partial charge in [0.2, 0.25) is 0 Å². The van der Waals surface area contributed by atoms with Crippen LogP contribution < -0.4 is 0 Å². The van der Waals surface area contributed by atoms with Gasteiger partial charge in [0, 0.05) is 22.6 Å². The summed E-state index contributed by atoms with van der Waals surface area (Å²) in [7, 11) is 0. The molecule has 1 heteroatoms. The van der Waals surface area contributed by atoms with Crippen LogP contribution in [0.3, 0.4) is 0 Å². The molecule has 0 spiro atoms. The molecule has 0 atom stereocenters. The Morgan fingerprint density at radius 2 is 1.08 bits per heavy atom. The van der Waals surface area contributed by atoms with Crippen LogP contribution in [0.1, 0.15) is 49.9 Å². The fraction of sp³-hybridized carbons (Fsp3) is 0.171. The molecule has 7 rings (SSSR count). The maximum atomic E-state index is 4.55. The highest BCUT2D eigenvalue weighted by Crippen LogP contribution is 2.56. The Kier molecular flexibility index (Phi) is 4.31. The van der Waals surface area contributed by atoms with E-state index < -0.39 is 0 Å². The molecule has 2 aliphatic rings. The molecule has 1 nitrogen and oxygen atoms in total. The molecule has 1 aromatic heterocycles. The molecule has 0 aliphatic heterocycles. The van der Waals surface area contributed by atoms with Gasteiger partial charge in [0.1, 0.15) is 0 Å². The molecule has 0 N–H and O–H groups in total. The van der Waals surface area contributed by atoms with Crippen molar-refractivity contribution in [1.82, 2.24) is 4.98 Å². The van der Waals surface area contributed by atoms with Gasteiger partial charge in [0.15, 0.2) is 0 Å². The number of rotatable bonds is 2. The van der Waals surface area contributed by atoms with Gasteiger partial charge in [-0.15, -0.1) is 0 Å². The van der Waals surface area contributed by atoms with Crippen molar-refractivity contribution in [3.05, 3.63) is 126 Å². The minimum Gasteiger partial charge on any atom is -0.256 e. The van der Waals surface area contributed by atoms with Gasteiger partial charge in [-0.2, -0.15) is 0 Å². The molecule has 5 aromatic rings. The zero-order valence-corrected chi connectivity index (χ0v) is 21.3. The quantitative estimate of drug-likeness (QED) is 0.254. The number of aromatic nitrogens is 1. The van der Waals surface area contributed by atoms with Gasteiger partial charge < -0.3 is 0 Å². The maximum Gasteiger partial charge on any atom is 0.0702 e. The third-order valence-corrected chi connectivity index (χ3v) is 8.53. The highest BCUT2D eigenvalue weighted by molar-refractivity contribution is 5.91. The molecule has 2 aliphatic carbocycles. The summed E-state index contributed by atoms with van der Waals surface area (Å²) in [6.45, 7) is 9.50. The van der Waals surface area contributed by atoms with Crippen molar-refractivity contribution < 1.29 is 0 Å². The number of hydrogen-bond acceptors (Lipinski definition) is 1. The fourth-order valence-electron chi connectivity index (χ4n) is 6.50. The lowest BCUT2D eigenvalue weighted by Crippen LogP contribution is -2.18. The highest BCUT2D eigenvalue weighted by Gasteiger charge is 2.41. The second-order valence-electron chi connectivity index (χ2n) is 11.3. The first-order valence-corrected chi connectivity index (χ1v) is 12.8. The molecule has 0 unspecified atom stereocenters. The Hall–Kier alpha value is -3.97. The average molecular weight is 464 g/mol. The van der Waals surface area contributed by atoms with Crippen molar-refractivity contribution in [2.75, 3.05) is 0 Å². The minimum atomic E-state index is -0.0564. The summed E-state index contributed by atoms with van der Waals surface area (Å²) in [5, 5.41) is 0. The second-order valence-corrected chi connectivity index (χ2v) is 11.3. The number of nitrogens with zero attached hydrogens (tertiary/aromatic N) is 1. The Labute approximate surface area is 213 Å². The average Bonchev–Trinajstić information content (AvgIpc) is 3.27. The largest absolute Gasteiger partial charge is 0.256 e. The van der Waals surface area contributed by atoms with Crippen LogP contribution in [0.4, 0.5) is 0 Å². The van der Waals surface area contributed by atoms with E-state index in [0.29, 0.717) is 0 Å². The molecular formula is C35H29N. The van der Waals surface area contributed by atoms with Crippen molar-refractivity contribution in [3.63, 3.8) is 0 Å². The Bertz CT molecular complexity index is 1670. The van der Waals surface area contributed by atoms with Crippen LogP contribution in [0.2, 0.25) is 0 Å². The highest BCUT2D eigenvalue weighted by atomic mass is 14.7. The normalized spacial score (nSPS) is 15.7. The smallest absolute Gasteiger partial charge is 0.0702 e. The van der Waals surface area contributed by atoms with Gasteiger partial charge in [-0.05, 0) is 86.0 Å². The molecule has 0 saturated carbocycles. The van der Waals surface area contributed by atoms with Gasteiger partial charge in [0.25, 0.3) is 0 Å². The first-order valence-electron chi connectivity index (χ1n) is 12.8. The number of hydrogen-bond donors (Lipinski definition) is 0. The number of benzene rings is 4. The molecule has 0 bridgehead atoms. The van der Waals surface area contributed by atoms with Crippen LogP contribution in [-0.2, 0) is 10.8 Å². The van der Waals surface area contributed by atoms with Crippen LogP contribution in [-0.4, -0.2) is 4.98 Å². The van der Waals surface area contributed by atoms with E-state index in [1.165, 1.54) is 55.6 Å². The lowest BCUT2D eigenvalue weighted by atomic mass is 9.77. The lowest BCUT2D eigenvalue weighted by molar-refractivity contribution is 0.639.